The van der Waals surface area contributed by atoms with Gasteiger partial charge in [-0.05, 0) is 0 Å². The van der Waals surface area contributed by atoms with Crippen LogP contribution in [0.4, 0.5) is 0 Å². The van der Waals surface area contributed by atoms with Crippen molar-refractivity contribution in [3.05, 3.63) is 66.6 Å². The van der Waals surface area contributed by atoms with Gasteiger partial charge in [-0.3, -0.25) is 5.32 Å². The van der Waals surface area contributed by atoms with Crippen LogP contribution >= 0.6 is 0 Å². The molecule has 1 atom stereocenters. The molecule has 4 rings (SSSR count). The number of aromatic nitrogens is 1. The first-order valence-electron chi connectivity index (χ1n) is 7.38. The lowest BCUT2D eigenvalue weighted by Gasteiger charge is -2.03. The Morgan fingerprint density at radius 1 is 0.909 bits per heavy atom. The molecule has 0 saturated carbocycles. The molecule has 22 heavy (non-hydrogen) atoms. The summed E-state index contributed by atoms with van der Waals surface area (Å²) in [5.41, 5.74) is 2.89. The summed E-state index contributed by atoms with van der Waals surface area (Å²) >= 11 is 0. The van der Waals surface area contributed by atoms with Crippen molar-refractivity contribution in [3.8, 4) is 22.6 Å². The molecule has 0 unspecified atom stereocenters. The van der Waals surface area contributed by atoms with Gasteiger partial charge in [-0.15, -0.1) is 0 Å². The highest BCUT2D eigenvalue weighted by molar-refractivity contribution is 5.76. The van der Waals surface area contributed by atoms with Crippen molar-refractivity contribution in [1.82, 2.24) is 10.3 Å². The molecule has 1 aromatic heterocycles. The molecule has 1 N–H and O–H groups in total. The Morgan fingerprint density at radius 3 is 2.23 bits per heavy atom. The molecule has 1 fully saturated rings. The zero-order valence-corrected chi connectivity index (χ0v) is 12.0. The third-order valence-corrected chi connectivity index (χ3v) is 3.67. The Labute approximate surface area is 128 Å². The summed E-state index contributed by atoms with van der Waals surface area (Å²) in [5, 5.41) is 3.24. The van der Waals surface area contributed by atoms with Crippen molar-refractivity contribution in [2.45, 2.75) is 6.23 Å². The van der Waals surface area contributed by atoms with Crippen LogP contribution in [-0.4, -0.2) is 18.1 Å². The molecule has 1 saturated heterocycles. The molecule has 0 aliphatic carbocycles. The maximum Gasteiger partial charge on any atom is 0.239 e. The van der Waals surface area contributed by atoms with Crippen molar-refractivity contribution in [3.63, 3.8) is 0 Å². The van der Waals surface area contributed by atoms with Crippen molar-refractivity contribution < 1.29 is 9.15 Å². The van der Waals surface area contributed by atoms with Gasteiger partial charge in [-0.25, -0.2) is 4.98 Å². The average molecular weight is 292 g/mol. The second kappa shape index (κ2) is 5.75. The van der Waals surface area contributed by atoms with Gasteiger partial charge >= 0.3 is 0 Å². The van der Waals surface area contributed by atoms with E-state index in [4.69, 9.17) is 9.15 Å². The third kappa shape index (κ3) is 2.43. The number of hydrogen-bond acceptors (Lipinski definition) is 4. The summed E-state index contributed by atoms with van der Waals surface area (Å²) in [6, 6.07) is 20.1. The molecule has 0 bridgehead atoms. The second-order valence-corrected chi connectivity index (χ2v) is 5.17. The summed E-state index contributed by atoms with van der Waals surface area (Å²) in [7, 11) is 0. The standard InChI is InChI=1S/C18H16N2O2/c1-3-7-13(8-4-1)15-16(14-9-5-2-6-10-14)22-18(20-15)17-19-11-12-21-17/h1-10,17,19H,11-12H2/t17-/m1/s1. The fourth-order valence-corrected chi connectivity index (χ4v) is 2.61. The van der Waals surface area contributed by atoms with E-state index in [9.17, 15) is 0 Å². The molecule has 4 nitrogen and oxygen atoms in total. The van der Waals surface area contributed by atoms with E-state index in [-0.39, 0.29) is 6.23 Å². The molecule has 1 aliphatic rings. The van der Waals surface area contributed by atoms with Crippen LogP contribution in [0.3, 0.4) is 0 Å². The number of rotatable bonds is 3. The lowest BCUT2D eigenvalue weighted by atomic mass is 10.1. The predicted molar refractivity (Wildman–Crippen MR) is 84.1 cm³/mol. The lowest BCUT2D eigenvalue weighted by Crippen LogP contribution is -2.14. The van der Waals surface area contributed by atoms with Gasteiger partial charge in [0.15, 0.2) is 12.0 Å². The number of hydrogen-bond donors (Lipinski definition) is 1. The van der Waals surface area contributed by atoms with Crippen molar-refractivity contribution in [2.24, 2.45) is 0 Å². The third-order valence-electron chi connectivity index (χ3n) is 3.67. The van der Waals surface area contributed by atoms with Gasteiger partial charge in [0.2, 0.25) is 5.89 Å². The summed E-state index contributed by atoms with van der Waals surface area (Å²) < 4.78 is 11.7. The van der Waals surface area contributed by atoms with Crippen LogP contribution in [-0.2, 0) is 4.74 Å². The summed E-state index contributed by atoms with van der Waals surface area (Å²) in [6.45, 7) is 1.49. The van der Waals surface area contributed by atoms with Crippen molar-refractivity contribution in [1.29, 1.82) is 0 Å². The van der Waals surface area contributed by atoms with Crippen LogP contribution in [0.1, 0.15) is 12.1 Å². The summed E-state index contributed by atoms with van der Waals surface area (Å²) in [4.78, 5) is 4.68. The Balaban J connectivity index is 1.84. The zero-order chi connectivity index (χ0) is 14.8. The molecule has 3 aromatic rings. The molecule has 0 spiro atoms. The first-order valence-corrected chi connectivity index (χ1v) is 7.38. The van der Waals surface area contributed by atoms with E-state index in [0.717, 1.165) is 29.1 Å². The van der Waals surface area contributed by atoms with Crippen molar-refractivity contribution >= 4 is 0 Å². The molecule has 110 valence electrons. The maximum absolute atomic E-state index is 6.04. The van der Waals surface area contributed by atoms with E-state index < -0.39 is 0 Å². The predicted octanol–water partition coefficient (Wildman–Crippen LogP) is 3.63. The van der Waals surface area contributed by atoms with Gasteiger partial charge in [-0.1, -0.05) is 60.7 Å². The zero-order valence-electron chi connectivity index (χ0n) is 12.0. The van der Waals surface area contributed by atoms with Crippen LogP contribution in [0.15, 0.2) is 65.1 Å². The van der Waals surface area contributed by atoms with E-state index in [1.807, 2.05) is 60.7 Å². The van der Waals surface area contributed by atoms with Crippen LogP contribution in [0.25, 0.3) is 22.6 Å². The van der Waals surface area contributed by atoms with Gasteiger partial charge in [-0.2, -0.15) is 0 Å². The van der Waals surface area contributed by atoms with E-state index in [1.165, 1.54) is 0 Å². The smallest absolute Gasteiger partial charge is 0.239 e. The van der Waals surface area contributed by atoms with E-state index in [1.54, 1.807) is 0 Å². The van der Waals surface area contributed by atoms with Gasteiger partial charge < -0.3 is 9.15 Å². The second-order valence-electron chi connectivity index (χ2n) is 5.17. The number of ether oxygens (including phenoxy) is 1. The molecule has 2 aromatic carbocycles. The highest BCUT2D eigenvalue weighted by Crippen LogP contribution is 2.34. The van der Waals surface area contributed by atoms with Crippen molar-refractivity contribution in [2.75, 3.05) is 13.2 Å². The normalized spacial score (nSPS) is 17.7. The molecular formula is C18H16N2O2. The topological polar surface area (TPSA) is 47.3 Å². The number of benzene rings is 2. The highest BCUT2D eigenvalue weighted by Gasteiger charge is 2.25. The number of oxazole rings is 1. The van der Waals surface area contributed by atoms with Gasteiger partial charge in [0, 0.05) is 17.7 Å². The Kier molecular flexibility index (Phi) is 3.46. The van der Waals surface area contributed by atoms with Crippen LogP contribution < -0.4 is 5.32 Å². The van der Waals surface area contributed by atoms with Gasteiger partial charge in [0.25, 0.3) is 0 Å². The molecular weight excluding hydrogens is 276 g/mol. The highest BCUT2D eigenvalue weighted by atomic mass is 16.5. The van der Waals surface area contributed by atoms with E-state index >= 15 is 0 Å². The average Bonchev–Trinajstić information content (AvgIpc) is 3.26. The molecule has 1 aliphatic heterocycles. The first-order chi connectivity index (χ1) is 10.9. The monoisotopic (exact) mass is 292 g/mol. The molecule has 0 radical (unpaired) electrons. The van der Waals surface area contributed by atoms with Gasteiger partial charge in [0.1, 0.15) is 5.69 Å². The minimum Gasteiger partial charge on any atom is -0.436 e. The lowest BCUT2D eigenvalue weighted by molar-refractivity contribution is 0.0794. The Morgan fingerprint density at radius 2 is 1.59 bits per heavy atom. The van der Waals surface area contributed by atoms with Gasteiger partial charge in [0.05, 0.1) is 6.61 Å². The summed E-state index contributed by atoms with van der Waals surface area (Å²) in [5.74, 6) is 1.36. The fraction of sp³-hybridized carbons (Fsp3) is 0.167. The minimum absolute atomic E-state index is 0.264. The molecule has 4 heteroatoms. The van der Waals surface area contributed by atoms with Crippen LogP contribution in [0.2, 0.25) is 0 Å². The SMILES string of the molecule is c1ccc(-c2nc([C@@H]3NCCO3)oc2-c2ccccc2)cc1. The first kappa shape index (κ1) is 13.2. The Hall–Kier alpha value is -2.43. The van der Waals surface area contributed by atoms with Crippen LogP contribution in [0.5, 0.6) is 0 Å². The quantitative estimate of drug-likeness (QED) is 0.801. The maximum atomic E-state index is 6.04. The largest absolute Gasteiger partial charge is 0.436 e. The summed E-state index contributed by atoms with van der Waals surface area (Å²) in [6.07, 6.45) is -0.264. The van der Waals surface area contributed by atoms with Crippen LogP contribution in [0, 0.1) is 0 Å². The minimum atomic E-state index is -0.264. The molecule has 2 heterocycles. The van der Waals surface area contributed by atoms with E-state index in [2.05, 4.69) is 10.3 Å². The Bertz CT molecular complexity index is 690. The molecule has 0 amide bonds. The number of nitrogens with one attached hydrogen (secondary N) is 1. The fourth-order valence-electron chi connectivity index (χ4n) is 2.61. The van der Waals surface area contributed by atoms with E-state index in [0.29, 0.717) is 12.5 Å². The number of nitrogens with zero attached hydrogens (tertiary/aromatic N) is 1.